The number of amidine groups is 1. The Hall–Kier alpha value is -0.180. The highest BCUT2D eigenvalue weighted by Crippen LogP contribution is 2.38. The van der Waals surface area contributed by atoms with Gasteiger partial charge >= 0.3 is 0 Å². The summed E-state index contributed by atoms with van der Waals surface area (Å²) < 4.78 is 0. The van der Waals surface area contributed by atoms with Gasteiger partial charge < -0.3 is 5.32 Å². The molecule has 2 aliphatic carbocycles. The van der Waals surface area contributed by atoms with Gasteiger partial charge in [-0.2, -0.15) is 0 Å². The van der Waals surface area contributed by atoms with Crippen LogP contribution in [0.15, 0.2) is 4.99 Å². The van der Waals surface area contributed by atoms with Crippen LogP contribution in [-0.4, -0.2) is 23.0 Å². The van der Waals surface area contributed by atoms with E-state index in [1.165, 1.54) is 49.4 Å². The van der Waals surface area contributed by atoms with Crippen LogP contribution in [0.1, 0.15) is 45.4 Å². The SMILES string of the molecule is CC1CCC2(CC1)CSC(=NCC1CC1)N2. The summed E-state index contributed by atoms with van der Waals surface area (Å²) in [4.78, 5) is 4.72. The lowest BCUT2D eigenvalue weighted by atomic mass is 9.78. The van der Waals surface area contributed by atoms with Gasteiger partial charge in [-0.25, -0.2) is 0 Å². The zero-order valence-corrected chi connectivity index (χ0v) is 11.0. The van der Waals surface area contributed by atoms with Crippen molar-refractivity contribution >= 4 is 16.9 Å². The molecular weight excluding hydrogens is 216 g/mol. The third-order valence-corrected chi connectivity index (χ3v) is 5.48. The van der Waals surface area contributed by atoms with Gasteiger partial charge in [-0.05, 0) is 50.4 Å². The van der Waals surface area contributed by atoms with Crippen LogP contribution in [0, 0.1) is 11.8 Å². The molecule has 0 amide bonds. The van der Waals surface area contributed by atoms with E-state index in [2.05, 4.69) is 12.2 Å². The highest BCUT2D eigenvalue weighted by molar-refractivity contribution is 8.14. The van der Waals surface area contributed by atoms with Crippen molar-refractivity contribution in [1.29, 1.82) is 0 Å². The molecule has 0 radical (unpaired) electrons. The average Bonchev–Trinajstić information content (AvgIpc) is 3.04. The van der Waals surface area contributed by atoms with Gasteiger partial charge in [-0.3, -0.25) is 4.99 Å². The third kappa shape index (κ3) is 2.39. The van der Waals surface area contributed by atoms with Crippen LogP contribution in [0.5, 0.6) is 0 Å². The molecule has 1 aliphatic heterocycles. The first-order chi connectivity index (χ1) is 7.76. The van der Waals surface area contributed by atoms with E-state index < -0.39 is 0 Å². The van der Waals surface area contributed by atoms with E-state index in [9.17, 15) is 0 Å². The molecule has 1 heterocycles. The number of nitrogens with one attached hydrogen (secondary N) is 1. The molecule has 0 unspecified atom stereocenters. The quantitative estimate of drug-likeness (QED) is 0.799. The maximum absolute atomic E-state index is 4.72. The topological polar surface area (TPSA) is 24.4 Å². The van der Waals surface area contributed by atoms with Gasteiger partial charge in [0.05, 0.1) is 0 Å². The summed E-state index contributed by atoms with van der Waals surface area (Å²) in [5, 5.41) is 4.96. The zero-order valence-electron chi connectivity index (χ0n) is 10.2. The second-order valence-electron chi connectivity index (χ2n) is 5.97. The largest absolute Gasteiger partial charge is 0.359 e. The van der Waals surface area contributed by atoms with E-state index in [-0.39, 0.29) is 0 Å². The minimum Gasteiger partial charge on any atom is -0.359 e. The lowest BCUT2D eigenvalue weighted by Gasteiger charge is -2.35. The lowest BCUT2D eigenvalue weighted by Crippen LogP contribution is -2.46. The molecule has 90 valence electrons. The van der Waals surface area contributed by atoms with Crippen molar-refractivity contribution in [2.24, 2.45) is 16.8 Å². The van der Waals surface area contributed by atoms with Crippen LogP contribution in [0.4, 0.5) is 0 Å². The third-order valence-electron chi connectivity index (χ3n) is 4.28. The first-order valence-corrected chi connectivity index (χ1v) is 7.70. The Morgan fingerprint density at radius 3 is 2.75 bits per heavy atom. The summed E-state index contributed by atoms with van der Waals surface area (Å²) in [5.74, 6) is 3.10. The Morgan fingerprint density at radius 2 is 2.06 bits per heavy atom. The lowest BCUT2D eigenvalue weighted by molar-refractivity contribution is 0.251. The van der Waals surface area contributed by atoms with E-state index >= 15 is 0 Å². The van der Waals surface area contributed by atoms with E-state index in [0.717, 1.165) is 18.4 Å². The zero-order chi connectivity index (χ0) is 11.0. The summed E-state index contributed by atoms with van der Waals surface area (Å²) in [6.07, 6.45) is 8.30. The first-order valence-electron chi connectivity index (χ1n) is 6.71. The van der Waals surface area contributed by atoms with E-state index in [0.29, 0.717) is 5.54 Å². The highest BCUT2D eigenvalue weighted by Gasteiger charge is 2.39. The molecular formula is C13H22N2S. The van der Waals surface area contributed by atoms with Gasteiger partial charge in [0.1, 0.15) is 0 Å². The van der Waals surface area contributed by atoms with Crippen molar-refractivity contribution in [2.45, 2.75) is 51.0 Å². The molecule has 1 saturated heterocycles. The van der Waals surface area contributed by atoms with Gasteiger partial charge in [0.15, 0.2) is 5.17 Å². The Labute approximate surface area is 103 Å². The van der Waals surface area contributed by atoms with Crippen LogP contribution < -0.4 is 5.32 Å². The number of rotatable bonds is 2. The summed E-state index contributed by atoms with van der Waals surface area (Å²) >= 11 is 1.96. The molecule has 16 heavy (non-hydrogen) atoms. The Bertz CT molecular complexity index is 288. The van der Waals surface area contributed by atoms with Crippen molar-refractivity contribution in [3.8, 4) is 0 Å². The second-order valence-corrected chi connectivity index (χ2v) is 6.93. The minimum atomic E-state index is 0.416. The normalized spacial score (nSPS) is 41.6. The summed E-state index contributed by atoms with van der Waals surface area (Å²) in [7, 11) is 0. The van der Waals surface area contributed by atoms with Gasteiger partial charge in [0.2, 0.25) is 0 Å². The molecule has 2 saturated carbocycles. The molecule has 2 nitrogen and oxygen atoms in total. The van der Waals surface area contributed by atoms with Gasteiger partial charge in [0.25, 0.3) is 0 Å². The number of thioether (sulfide) groups is 1. The summed E-state index contributed by atoms with van der Waals surface area (Å²) in [6, 6.07) is 0. The van der Waals surface area contributed by atoms with Crippen molar-refractivity contribution in [2.75, 3.05) is 12.3 Å². The minimum absolute atomic E-state index is 0.416. The molecule has 1 N–H and O–H groups in total. The maximum Gasteiger partial charge on any atom is 0.157 e. The fourth-order valence-corrected chi connectivity index (χ4v) is 3.92. The fraction of sp³-hybridized carbons (Fsp3) is 0.923. The van der Waals surface area contributed by atoms with Gasteiger partial charge in [0, 0.05) is 17.8 Å². The Kier molecular flexibility index (Phi) is 2.90. The number of nitrogens with zero attached hydrogens (tertiary/aromatic N) is 1. The molecule has 3 fully saturated rings. The molecule has 3 rings (SSSR count). The van der Waals surface area contributed by atoms with Crippen LogP contribution in [0.2, 0.25) is 0 Å². The Balaban J connectivity index is 1.56. The van der Waals surface area contributed by atoms with Crippen LogP contribution in [-0.2, 0) is 0 Å². The van der Waals surface area contributed by atoms with Crippen LogP contribution in [0.25, 0.3) is 0 Å². The molecule has 0 aromatic rings. The number of hydrogen-bond acceptors (Lipinski definition) is 2. The molecule has 0 aromatic heterocycles. The predicted octanol–water partition coefficient (Wildman–Crippen LogP) is 3.04. The maximum atomic E-state index is 4.72. The highest BCUT2D eigenvalue weighted by atomic mass is 32.2. The average molecular weight is 238 g/mol. The molecule has 0 bridgehead atoms. The smallest absolute Gasteiger partial charge is 0.157 e. The van der Waals surface area contributed by atoms with Crippen molar-refractivity contribution in [1.82, 2.24) is 5.32 Å². The van der Waals surface area contributed by atoms with E-state index in [1.807, 2.05) is 11.8 Å². The fourth-order valence-electron chi connectivity index (χ4n) is 2.69. The molecule has 0 aromatic carbocycles. The first kappa shape index (κ1) is 10.9. The standard InChI is InChI=1S/C13H22N2S/c1-10-4-6-13(7-5-10)9-16-12(15-13)14-8-11-2-3-11/h10-11H,2-9H2,1H3,(H,14,15). The monoisotopic (exact) mass is 238 g/mol. The van der Waals surface area contributed by atoms with Crippen molar-refractivity contribution < 1.29 is 0 Å². The van der Waals surface area contributed by atoms with Crippen molar-refractivity contribution in [3.05, 3.63) is 0 Å². The molecule has 0 atom stereocenters. The van der Waals surface area contributed by atoms with Gasteiger partial charge in [-0.1, -0.05) is 18.7 Å². The molecule has 3 aliphatic rings. The van der Waals surface area contributed by atoms with Crippen LogP contribution in [0.3, 0.4) is 0 Å². The van der Waals surface area contributed by atoms with Crippen LogP contribution >= 0.6 is 11.8 Å². The second kappa shape index (κ2) is 4.25. The predicted molar refractivity (Wildman–Crippen MR) is 71.0 cm³/mol. The van der Waals surface area contributed by atoms with Crippen molar-refractivity contribution in [3.63, 3.8) is 0 Å². The van der Waals surface area contributed by atoms with E-state index in [1.54, 1.807) is 0 Å². The molecule has 1 spiro atoms. The number of aliphatic imine (C=N–C) groups is 1. The number of hydrogen-bond donors (Lipinski definition) is 1. The summed E-state index contributed by atoms with van der Waals surface area (Å²) in [6.45, 7) is 3.46. The van der Waals surface area contributed by atoms with Gasteiger partial charge in [-0.15, -0.1) is 0 Å². The van der Waals surface area contributed by atoms with E-state index in [4.69, 9.17) is 4.99 Å². The molecule has 3 heteroatoms. The Morgan fingerprint density at radius 1 is 1.31 bits per heavy atom. The summed E-state index contributed by atoms with van der Waals surface area (Å²) in [5.41, 5.74) is 0.416.